The lowest BCUT2D eigenvalue weighted by molar-refractivity contribution is -0.148. The summed E-state index contributed by atoms with van der Waals surface area (Å²) >= 11 is 0. The van der Waals surface area contributed by atoms with Gasteiger partial charge < -0.3 is 52.8 Å². The Kier molecular flexibility index (Phi) is 19.5. The van der Waals surface area contributed by atoms with Crippen molar-refractivity contribution in [1.82, 2.24) is 20.4 Å². The number of carbonyl (C=O) groups excluding carboxylic acids is 4. The number of benzene rings is 4. The van der Waals surface area contributed by atoms with Crippen LogP contribution in [0.15, 0.2) is 97.1 Å². The average Bonchev–Trinajstić information content (AvgIpc) is 3.37. The van der Waals surface area contributed by atoms with Gasteiger partial charge in [0.1, 0.15) is 0 Å². The van der Waals surface area contributed by atoms with Gasteiger partial charge in [-0.25, -0.2) is 0 Å². The first-order valence-corrected chi connectivity index (χ1v) is 23.4. The van der Waals surface area contributed by atoms with Gasteiger partial charge >= 0.3 is 11.9 Å². The van der Waals surface area contributed by atoms with Crippen molar-refractivity contribution >= 4 is 35.7 Å². The number of methoxy groups -OCH3 is 2. The van der Waals surface area contributed by atoms with E-state index in [1.807, 2.05) is 96.4 Å². The number of rotatable bonds is 16. The molecule has 16 nitrogen and oxygen atoms in total. The van der Waals surface area contributed by atoms with Crippen molar-refractivity contribution in [3.63, 3.8) is 0 Å². The van der Waals surface area contributed by atoms with Crippen molar-refractivity contribution < 1.29 is 28.7 Å². The number of hydrogen-bond acceptors (Lipinski definition) is 10. The van der Waals surface area contributed by atoms with Gasteiger partial charge in [-0.15, -0.1) is 0 Å². The normalized spacial score (nSPS) is 17.5. The van der Waals surface area contributed by atoms with Crippen LogP contribution in [0.5, 0.6) is 0 Å². The van der Waals surface area contributed by atoms with E-state index in [-0.39, 0.29) is 47.5 Å². The highest BCUT2D eigenvalue weighted by Gasteiger charge is 2.34. The Hall–Kier alpha value is -6.78. The molecule has 0 spiro atoms. The summed E-state index contributed by atoms with van der Waals surface area (Å²) in [6.07, 6.45) is 4.86. The number of nitrogens with zero attached hydrogens (tertiary/aromatic N) is 2. The summed E-state index contributed by atoms with van der Waals surface area (Å²) in [6, 6.07) is 29.9. The van der Waals surface area contributed by atoms with Crippen LogP contribution in [0.3, 0.4) is 0 Å². The second kappa shape index (κ2) is 25.4. The Morgan fingerprint density at radius 3 is 1.29 bits per heavy atom. The van der Waals surface area contributed by atoms with Crippen LogP contribution in [0, 0.1) is 34.5 Å². The lowest BCUT2D eigenvalue weighted by Crippen LogP contribution is -2.46. The Balaban J connectivity index is 0.000000254. The van der Waals surface area contributed by atoms with E-state index in [2.05, 4.69) is 10.6 Å². The molecule has 68 heavy (non-hydrogen) atoms. The monoisotopic (exact) mass is 931 g/mol. The number of hydrogen-bond donors (Lipinski definition) is 8. The second-order valence-electron chi connectivity index (χ2n) is 17.9. The topological polar surface area (TPSA) is 269 Å². The van der Waals surface area contributed by atoms with E-state index in [1.165, 1.54) is 14.2 Å². The minimum absolute atomic E-state index is 0.0545. The molecular formula is C52H70N10O6. The summed E-state index contributed by atoms with van der Waals surface area (Å²) in [4.78, 5) is 54.6. The molecule has 2 fully saturated rings. The molecule has 2 aliphatic heterocycles. The highest BCUT2D eigenvalue weighted by molar-refractivity contribution is 5.96. The van der Waals surface area contributed by atoms with Gasteiger partial charge in [-0.1, -0.05) is 60.7 Å². The maximum absolute atomic E-state index is 12.9. The summed E-state index contributed by atoms with van der Waals surface area (Å²) in [5, 5.41) is 21.3. The molecule has 16 heteroatoms. The van der Waals surface area contributed by atoms with E-state index >= 15 is 0 Å². The molecule has 2 aliphatic rings. The zero-order valence-electron chi connectivity index (χ0n) is 39.8. The number of nitrogens with two attached hydrogens (primary N) is 4. The average molecular weight is 931 g/mol. The van der Waals surface area contributed by atoms with Gasteiger partial charge in [-0.3, -0.25) is 30.0 Å². The lowest BCUT2D eigenvalue weighted by atomic mass is 9.85. The number of esters is 2. The van der Waals surface area contributed by atoms with Gasteiger partial charge in [0.25, 0.3) is 11.8 Å². The van der Waals surface area contributed by atoms with E-state index in [0.29, 0.717) is 50.1 Å². The van der Waals surface area contributed by atoms with Crippen LogP contribution in [0.25, 0.3) is 22.3 Å². The molecule has 0 saturated carbocycles. The zero-order chi connectivity index (χ0) is 49.3. The molecule has 0 aromatic heterocycles. The number of likely N-dealkylation sites (tertiary alicyclic amines) is 2. The smallest absolute Gasteiger partial charge is 0.310 e. The van der Waals surface area contributed by atoms with Gasteiger partial charge in [0.15, 0.2) is 11.9 Å². The SMILES string of the molecule is COC(=O)[C@H](CC1CCCN(C(=N)N)C1)[C@@H](C)NC(=O)c1ccc(-c2cccc(CN)c2)cc1.COC(=O)[C@H](CC1CCCN(C(=N)N)C1)[C@@H](C)NC(=O)c1ccc(-c2cccc(CN)c2)cc1. The summed E-state index contributed by atoms with van der Waals surface area (Å²) in [5.41, 5.74) is 30.0. The fraction of sp³-hybridized carbons (Fsp3) is 0.423. The van der Waals surface area contributed by atoms with Crippen LogP contribution in [0.1, 0.15) is 84.2 Å². The Morgan fingerprint density at radius 1 is 0.603 bits per heavy atom. The summed E-state index contributed by atoms with van der Waals surface area (Å²) in [6.45, 7) is 7.39. The highest BCUT2D eigenvalue weighted by atomic mass is 16.5. The maximum atomic E-state index is 12.9. The molecule has 0 aliphatic carbocycles. The first kappa shape index (κ1) is 52.2. The van der Waals surface area contributed by atoms with Crippen molar-refractivity contribution in [2.24, 2.45) is 46.6 Å². The van der Waals surface area contributed by atoms with Crippen LogP contribution >= 0.6 is 0 Å². The standard InChI is InChI=1S/2C26H35N5O3/c2*1-17(23(25(33)34-2)14-19-6-4-12-31(16-19)26(28)29)30-24(32)21-10-8-20(9-11-21)22-7-3-5-18(13-22)15-27/h2*3,5,7-11,13,17,19,23H,4,6,12,14-16,27H2,1-2H3,(H3,28,29)(H,30,32)/t2*17-,19?,23-/m11/s1. The van der Waals surface area contributed by atoms with E-state index in [0.717, 1.165) is 72.2 Å². The number of amides is 2. The minimum atomic E-state index is -0.482. The predicted octanol–water partition coefficient (Wildman–Crippen LogP) is 5.43. The molecule has 6 atom stereocenters. The maximum Gasteiger partial charge on any atom is 0.310 e. The van der Waals surface area contributed by atoms with Crippen molar-refractivity contribution in [1.29, 1.82) is 10.8 Å². The first-order chi connectivity index (χ1) is 32.6. The van der Waals surface area contributed by atoms with Crippen molar-refractivity contribution in [2.75, 3.05) is 40.4 Å². The van der Waals surface area contributed by atoms with Gasteiger partial charge in [-0.05, 0) is 134 Å². The number of guanidine groups is 2. The molecule has 2 saturated heterocycles. The van der Waals surface area contributed by atoms with Crippen molar-refractivity contribution in [2.45, 2.75) is 77.5 Å². The minimum Gasteiger partial charge on any atom is -0.469 e. The van der Waals surface area contributed by atoms with Crippen LogP contribution in [0.2, 0.25) is 0 Å². The molecule has 12 N–H and O–H groups in total. The number of ether oxygens (including phenoxy) is 2. The number of nitrogens with one attached hydrogen (secondary N) is 4. The molecule has 4 aromatic carbocycles. The molecule has 4 aromatic rings. The second-order valence-corrected chi connectivity index (χ2v) is 17.9. The van der Waals surface area contributed by atoms with Crippen LogP contribution in [0.4, 0.5) is 0 Å². The molecule has 2 unspecified atom stereocenters. The Labute approximate surface area is 400 Å². The highest BCUT2D eigenvalue weighted by Crippen LogP contribution is 2.29. The molecule has 2 heterocycles. The van der Waals surface area contributed by atoms with E-state index in [9.17, 15) is 19.2 Å². The Morgan fingerprint density at radius 2 is 0.971 bits per heavy atom. The van der Waals surface area contributed by atoms with Crippen molar-refractivity contribution in [3.8, 4) is 22.3 Å². The molecule has 2 amide bonds. The molecular weight excluding hydrogens is 861 g/mol. The third kappa shape index (κ3) is 14.6. The van der Waals surface area contributed by atoms with Gasteiger partial charge in [0, 0.05) is 62.5 Å². The van der Waals surface area contributed by atoms with Crippen LogP contribution < -0.4 is 33.6 Å². The van der Waals surface area contributed by atoms with Crippen molar-refractivity contribution in [3.05, 3.63) is 119 Å². The third-order valence-electron chi connectivity index (χ3n) is 13.1. The molecule has 364 valence electrons. The lowest BCUT2D eigenvalue weighted by Gasteiger charge is -2.35. The molecule has 0 radical (unpaired) electrons. The molecule has 6 rings (SSSR count). The van der Waals surface area contributed by atoms with Gasteiger partial charge in [0.2, 0.25) is 0 Å². The first-order valence-electron chi connectivity index (χ1n) is 23.4. The number of carbonyl (C=O) groups is 4. The van der Waals surface area contributed by atoms with E-state index in [1.54, 1.807) is 24.3 Å². The summed E-state index contributed by atoms with van der Waals surface area (Å²) < 4.78 is 10.1. The van der Waals surface area contributed by atoms with Crippen LogP contribution in [-0.4, -0.2) is 98.0 Å². The fourth-order valence-electron chi connectivity index (χ4n) is 9.15. The summed E-state index contributed by atoms with van der Waals surface area (Å²) in [7, 11) is 2.73. The van der Waals surface area contributed by atoms with Gasteiger partial charge in [0.05, 0.1) is 26.1 Å². The molecule has 0 bridgehead atoms. The summed E-state index contributed by atoms with van der Waals surface area (Å²) in [5.74, 6) is -1.62. The predicted molar refractivity (Wildman–Crippen MR) is 266 cm³/mol. The zero-order valence-corrected chi connectivity index (χ0v) is 39.8. The van der Waals surface area contributed by atoms with Gasteiger partial charge in [-0.2, -0.15) is 0 Å². The largest absolute Gasteiger partial charge is 0.469 e. The number of piperidine rings is 2. The fourth-order valence-corrected chi connectivity index (χ4v) is 9.15. The Bertz CT molecular complexity index is 2180. The van der Waals surface area contributed by atoms with Crippen LogP contribution in [-0.2, 0) is 32.2 Å². The van der Waals surface area contributed by atoms with E-state index < -0.39 is 23.9 Å². The van der Waals surface area contributed by atoms with E-state index in [4.69, 9.17) is 43.2 Å². The third-order valence-corrected chi connectivity index (χ3v) is 13.1. The quantitative estimate of drug-likeness (QED) is 0.0397.